The van der Waals surface area contributed by atoms with Gasteiger partial charge in [0.25, 0.3) is 0 Å². The molecule has 9 heteroatoms. The molecule has 9 nitrogen and oxygen atoms in total. The lowest BCUT2D eigenvalue weighted by Crippen LogP contribution is -2.40. The van der Waals surface area contributed by atoms with Crippen molar-refractivity contribution < 1.29 is 39.5 Å². The predicted molar refractivity (Wildman–Crippen MR) is 122 cm³/mol. The quantitative estimate of drug-likeness (QED) is 0.331. The van der Waals surface area contributed by atoms with E-state index >= 15 is 0 Å². The molecule has 1 saturated heterocycles. The highest BCUT2D eigenvalue weighted by Crippen LogP contribution is 2.46. The van der Waals surface area contributed by atoms with E-state index in [0.29, 0.717) is 22.5 Å². The second kappa shape index (κ2) is 10.9. The van der Waals surface area contributed by atoms with Crippen LogP contribution in [0.4, 0.5) is 4.79 Å². The Hall–Kier alpha value is -3.01. The van der Waals surface area contributed by atoms with Crippen LogP contribution in [0.3, 0.4) is 0 Å². The summed E-state index contributed by atoms with van der Waals surface area (Å²) in [6.07, 6.45) is 1.40. The van der Waals surface area contributed by atoms with Gasteiger partial charge < -0.3 is 25.2 Å². The number of carbonyl (C=O) groups is 3. The summed E-state index contributed by atoms with van der Waals surface area (Å²) in [6, 6.07) is 6.75. The Labute approximate surface area is 198 Å². The van der Waals surface area contributed by atoms with Crippen LogP contribution in [0.25, 0.3) is 6.08 Å². The summed E-state index contributed by atoms with van der Waals surface area (Å²) in [5, 5.41) is 40.6. The van der Waals surface area contributed by atoms with Crippen molar-refractivity contribution in [3.05, 3.63) is 46.5 Å². The summed E-state index contributed by atoms with van der Waals surface area (Å²) < 4.78 is 4.56. The summed E-state index contributed by atoms with van der Waals surface area (Å²) in [5.41, 5.74) is 2.72. The number of hydrogen-bond donors (Lipinski definition) is 4. The van der Waals surface area contributed by atoms with Gasteiger partial charge in [-0.05, 0) is 54.5 Å². The van der Waals surface area contributed by atoms with E-state index in [1.165, 1.54) is 0 Å². The van der Waals surface area contributed by atoms with E-state index in [1.807, 2.05) is 13.0 Å². The summed E-state index contributed by atoms with van der Waals surface area (Å²) in [7, 11) is 1.07. The molecule has 0 spiro atoms. The number of methoxy groups -OCH3 is 1. The van der Waals surface area contributed by atoms with Crippen LogP contribution in [-0.4, -0.2) is 69.7 Å². The molecule has 0 bridgehead atoms. The molecule has 1 aromatic carbocycles. The molecule has 4 N–H and O–H groups in total. The van der Waals surface area contributed by atoms with Crippen LogP contribution in [0, 0.1) is 17.8 Å². The molecule has 3 amide bonds. The fourth-order valence-electron chi connectivity index (χ4n) is 5.01. The first-order valence-electron chi connectivity index (χ1n) is 11.3. The Kier molecular flexibility index (Phi) is 8.24. The molecule has 0 saturated carbocycles. The Balaban J connectivity index is 1.83. The standard InChI is InChI=1S/C25H31NO8/c1-3-14(10-15-4-7-17(29)8-5-15)6-9-20(30)21-16(12-27)11-18-22(19(21)13-28)24(32)26(23(18)31)25(33)34-2/h4-5,7-8,10,18-20,22,27-30H,3,6,9,11-13H2,1-2H3/b14-10+/t18-,19+,20-,22-/m1/s1. The summed E-state index contributed by atoms with van der Waals surface area (Å²) in [5.74, 6) is -4.11. The lowest BCUT2D eigenvalue weighted by atomic mass is 9.68. The molecule has 0 radical (unpaired) electrons. The van der Waals surface area contributed by atoms with Crippen LogP contribution in [0.15, 0.2) is 41.0 Å². The number of aromatic hydroxyl groups is 1. The molecule has 4 atom stereocenters. The van der Waals surface area contributed by atoms with Gasteiger partial charge in [0.05, 0.1) is 38.3 Å². The Morgan fingerprint density at radius 2 is 1.88 bits per heavy atom. The average molecular weight is 474 g/mol. The number of amides is 3. The highest BCUT2D eigenvalue weighted by atomic mass is 16.5. The van der Waals surface area contributed by atoms with Crippen molar-refractivity contribution in [3.8, 4) is 5.75 Å². The van der Waals surface area contributed by atoms with Crippen molar-refractivity contribution >= 4 is 24.0 Å². The third-order valence-corrected chi connectivity index (χ3v) is 6.74. The van der Waals surface area contributed by atoms with Gasteiger partial charge in [-0.1, -0.05) is 30.7 Å². The van der Waals surface area contributed by atoms with E-state index < -0.39 is 55.0 Å². The first-order chi connectivity index (χ1) is 16.3. The molecule has 0 unspecified atom stereocenters. The number of benzene rings is 1. The number of nitrogens with zero attached hydrogens (tertiary/aromatic N) is 1. The van der Waals surface area contributed by atoms with Crippen molar-refractivity contribution in [2.45, 2.75) is 38.7 Å². The number of allylic oxidation sites excluding steroid dienone is 1. The van der Waals surface area contributed by atoms with Crippen LogP contribution in [0.5, 0.6) is 5.75 Å². The second-order valence-electron chi connectivity index (χ2n) is 8.63. The zero-order valence-electron chi connectivity index (χ0n) is 19.3. The largest absolute Gasteiger partial charge is 0.508 e. The van der Waals surface area contributed by atoms with E-state index in [9.17, 15) is 34.8 Å². The topological polar surface area (TPSA) is 145 Å². The minimum absolute atomic E-state index is 0.0200. The average Bonchev–Trinajstić information content (AvgIpc) is 3.10. The molecule has 1 aliphatic carbocycles. The first-order valence-corrected chi connectivity index (χ1v) is 11.3. The van der Waals surface area contributed by atoms with Gasteiger partial charge >= 0.3 is 6.09 Å². The Morgan fingerprint density at radius 1 is 1.21 bits per heavy atom. The molecule has 2 aliphatic rings. The predicted octanol–water partition coefficient (Wildman–Crippen LogP) is 2.00. The number of likely N-dealkylation sites (tertiary alicyclic amines) is 1. The van der Waals surface area contributed by atoms with E-state index in [1.54, 1.807) is 24.3 Å². The van der Waals surface area contributed by atoms with E-state index in [2.05, 4.69) is 4.74 Å². The van der Waals surface area contributed by atoms with Crippen molar-refractivity contribution in [3.63, 3.8) is 0 Å². The number of phenolic OH excluding ortho intramolecular Hbond substituents is 1. The van der Waals surface area contributed by atoms with Crippen LogP contribution < -0.4 is 0 Å². The number of fused-ring (bicyclic) bond motifs is 1. The van der Waals surface area contributed by atoms with Gasteiger partial charge in [-0.2, -0.15) is 4.90 Å². The summed E-state index contributed by atoms with van der Waals surface area (Å²) in [6.45, 7) is 1.04. The van der Waals surface area contributed by atoms with Crippen molar-refractivity contribution in [2.24, 2.45) is 17.8 Å². The van der Waals surface area contributed by atoms with Crippen LogP contribution >= 0.6 is 0 Å². The number of phenols is 1. The number of ether oxygens (including phenoxy) is 1. The SMILES string of the molecule is CC/C(=C\c1ccc(O)cc1)CC[C@@H](O)C1=C(CO)C[C@H]2C(=O)N(C(=O)OC)C(=O)[C@H]2[C@H]1CO. The fourth-order valence-corrected chi connectivity index (χ4v) is 5.01. The van der Waals surface area contributed by atoms with Gasteiger partial charge in [-0.3, -0.25) is 9.59 Å². The molecule has 0 aromatic heterocycles. The molecular formula is C25H31NO8. The number of aliphatic hydroxyl groups is 3. The van der Waals surface area contributed by atoms with Gasteiger partial charge in [0.1, 0.15) is 5.75 Å². The number of aliphatic hydroxyl groups excluding tert-OH is 3. The number of imide groups is 3. The summed E-state index contributed by atoms with van der Waals surface area (Å²) >= 11 is 0. The van der Waals surface area contributed by atoms with Crippen LogP contribution in [0.1, 0.15) is 38.2 Å². The summed E-state index contributed by atoms with van der Waals surface area (Å²) in [4.78, 5) is 38.1. The van der Waals surface area contributed by atoms with Crippen LogP contribution in [-0.2, 0) is 14.3 Å². The van der Waals surface area contributed by atoms with Crippen molar-refractivity contribution in [1.29, 1.82) is 0 Å². The lowest BCUT2D eigenvalue weighted by Gasteiger charge is -2.36. The molecule has 3 rings (SSSR count). The van der Waals surface area contributed by atoms with E-state index in [-0.39, 0.29) is 18.6 Å². The van der Waals surface area contributed by atoms with E-state index in [4.69, 9.17) is 0 Å². The smallest absolute Gasteiger partial charge is 0.423 e. The van der Waals surface area contributed by atoms with Crippen molar-refractivity contribution in [2.75, 3.05) is 20.3 Å². The molecule has 34 heavy (non-hydrogen) atoms. The molecular weight excluding hydrogens is 442 g/mol. The van der Waals surface area contributed by atoms with Gasteiger partial charge in [0, 0.05) is 5.92 Å². The first kappa shape index (κ1) is 25.6. The minimum atomic E-state index is -1.08. The Morgan fingerprint density at radius 3 is 2.44 bits per heavy atom. The molecule has 1 heterocycles. The number of hydrogen-bond acceptors (Lipinski definition) is 8. The Bertz CT molecular complexity index is 997. The van der Waals surface area contributed by atoms with Gasteiger partial charge in [0.2, 0.25) is 11.8 Å². The maximum absolute atomic E-state index is 12.9. The third-order valence-electron chi connectivity index (χ3n) is 6.74. The number of carbonyl (C=O) groups excluding carboxylic acids is 3. The lowest BCUT2D eigenvalue weighted by molar-refractivity contribution is -0.137. The second-order valence-corrected chi connectivity index (χ2v) is 8.63. The molecule has 1 aliphatic heterocycles. The molecule has 1 fully saturated rings. The van der Waals surface area contributed by atoms with E-state index in [0.717, 1.165) is 24.7 Å². The van der Waals surface area contributed by atoms with Crippen molar-refractivity contribution in [1.82, 2.24) is 4.90 Å². The highest BCUT2D eigenvalue weighted by molar-refractivity contribution is 6.15. The highest BCUT2D eigenvalue weighted by Gasteiger charge is 2.57. The molecule has 184 valence electrons. The van der Waals surface area contributed by atoms with Gasteiger partial charge in [0.15, 0.2) is 0 Å². The fraction of sp³-hybridized carbons (Fsp3) is 0.480. The maximum Gasteiger partial charge on any atom is 0.423 e. The zero-order valence-corrected chi connectivity index (χ0v) is 19.3. The van der Waals surface area contributed by atoms with Gasteiger partial charge in [-0.15, -0.1) is 0 Å². The zero-order chi connectivity index (χ0) is 25.0. The third kappa shape index (κ3) is 4.91. The minimum Gasteiger partial charge on any atom is -0.508 e. The normalized spacial score (nSPS) is 23.9. The number of rotatable bonds is 8. The van der Waals surface area contributed by atoms with Gasteiger partial charge in [-0.25, -0.2) is 4.79 Å². The van der Waals surface area contributed by atoms with Crippen LogP contribution in [0.2, 0.25) is 0 Å². The monoisotopic (exact) mass is 473 g/mol. The maximum atomic E-state index is 12.9. The molecule has 1 aromatic rings.